The van der Waals surface area contributed by atoms with Crippen molar-refractivity contribution in [1.29, 1.82) is 0 Å². The van der Waals surface area contributed by atoms with Crippen LogP contribution in [-0.4, -0.2) is 75.3 Å². The number of fused-ring (bicyclic) bond motifs is 1. The van der Waals surface area contributed by atoms with E-state index in [0.717, 1.165) is 6.07 Å². The van der Waals surface area contributed by atoms with Crippen molar-refractivity contribution < 1.29 is 36.9 Å². The number of alkyl halides is 3. The number of carbonyl (C=O) groups is 1. The highest BCUT2D eigenvalue weighted by Gasteiger charge is 2.43. The van der Waals surface area contributed by atoms with E-state index in [1.165, 1.54) is 18.2 Å². The molecule has 2 aromatic rings. The molecule has 13 heteroatoms. The molecule has 5 rings (SSSR count). The molecule has 3 aliphatic rings. The van der Waals surface area contributed by atoms with Crippen LogP contribution in [0.2, 0.25) is 0 Å². The van der Waals surface area contributed by atoms with Crippen molar-refractivity contribution in [2.45, 2.75) is 25.9 Å². The molecular formula is C26H30F3N5O5. The number of nitrogens with zero attached hydrogens (tertiary/aromatic N) is 4. The standard InChI is InChI=1S/C26H30F3N5O5/c1-3-38-25(35)39-21-16(2)30-22-20(19(21)17-6-4-5-7-18(17)26(27,28)29)23(33-8-12-36-13-9-33)32-24(31-22)34-10-14-37-15-11-34/h4-7,19H,3,8-15H2,1-2H3,(H,30,31,32). The number of allylic oxidation sites excluding steroid dienone is 2. The van der Waals surface area contributed by atoms with Gasteiger partial charge in [-0.05, 0) is 25.5 Å². The number of aromatic nitrogens is 2. The SMILES string of the molecule is CCOC(=O)OC1=C(C)Nc2nc(N3CCOCC3)nc(N3CCOCC3)c2C1c1ccccc1C(F)(F)F. The molecule has 0 aliphatic carbocycles. The summed E-state index contributed by atoms with van der Waals surface area (Å²) in [5.41, 5.74) is -0.193. The number of ether oxygens (including phenoxy) is 4. The van der Waals surface area contributed by atoms with Crippen LogP contribution in [0, 0.1) is 0 Å². The molecule has 210 valence electrons. The summed E-state index contributed by atoms with van der Waals surface area (Å²) in [5, 5.41) is 3.17. The number of rotatable bonds is 5. The Balaban J connectivity index is 1.73. The van der Waals surface area contributed by atoms with Gasteiger partial charge in [-0.2, -0.15) is 23.1 Å². The van der Waals surface area contributed by atoms with Crippen LogP contribution in [0.15, 0.2) is 35.7 Å². The highest BCUT2D eigenvalue weighted by atomic mass is 19.4. The Kier molecular flexibility index (Phi) is 7.80. The van der Waals surface area contributed by atoms with Gasteiger partial charge in [0.15, 0.2) is 0 Å². The van der Waals surface area contributed by atoms with Gasteiger partial charge in [-0.1, -0.05) is 18.2 Å². The fraction of sp³-hybridized carbons (Fsp3) is 0.500. The van der Waals surface area contributed by atoms with Crippen molar-refractivity contribution >= 4 is 23.7 Å². The van der Waals surface area contributed by atoms with Crippen LogP contribution in [0.5, 0.6) is 0 Å². The summed E-state index contributed by atoms with van der Waals surface area (Å²) in [6.45, 7) is 7.31. The molecule has 0 amide bonds. The molecule has 10 nitrogen and oxygen atoms in total. The van der Waals surface area contributed by atoms with Crippen LogP contribution in [0.1, 0.15) is 36.5 Å². The molecule has 0 spiro atoms. The van der Waals surface area contributed by atoms with Crippen LogP contribution in [0.25, 0.3) is 0 Å². The summed E-state index contributed by atoms with van der Waals surface area (Å²) >= 11 is 0. The molecule has 1 atom stereocenters. The number of benzene rings is 1. The molecule has 1 aromatic heterocycles. The second kappa shape index (κ2) is 11.3. The first-order chi connectivity index (χ1) is 18.8. The first-order valence-electron chi connectivity index (χ1n) is 12.8. The van der Waals surface area contributed by atoms with E-state index < -0.39 is 23.8 Å². The molecular weight excluding hydrogens is 519 g/mol. The summed E-state index contributed by atoms with van der Waals surface area (Å²) in [6, 6.07) is 5.27. The second-order valence-corrected chi connectivity index (χ2v) is 9.23. The predicted octanol–water partition coefficient (Wildman–Crippen LogP) is 4.13. The fourth-order valence-corrected chi connectivity index (χ4v) is 4.99. The molecule has 0 bridgehead atoms. The third-order valence-corrected chi connectivity index (χ3v) is 6.78. The summed E-state index contributed by atoms with van der Waals surface area (Å²) in [5.74, 6) is 0.104. The summed E-state index contributed by atoms with van der Waals surface area (Å²) in [4.78, 5) is 26.1. The minimum absolute atomic E-state index is 0.00474. The highest BCUT2D eigenvalue weighted by molar-refractivity contribution is 5.74. The maximum atomic E-state index is 14.3. The number of hydrogen-bond acceptors (Lipinski definition) is 10. The third-order valence-electron chi connectivity index (χ3n) is 6.78. The van der Waals surface area contributed by atoms with E-state index in [0.29, 0.717) is 81.5 Å². The number of nitrogens with one attached hydrogen (secondary N) is 1. The number of halogens is 3. The number of morpholine rings is 2. The third kappa shape index (κ3) is 5.59. The van der Waals surface area contributed by atoms with Gasteiger partial charge < -0.3 is 34.1 Å². The molecule has 1 unspecified atom stereocenters. The predicted molar refractivity (Wildman–Crippen MR) is 136 cm³/mol. The summed E-state index contributed by atoms with van der Waals surface area (Å²) < 4.78 is 64.5. The van der Waals surface area contributed by atoms with Gasteiger partial charge in [-0.25, -0.2) is 4.79 Å². The minimum Gasteiger partial charge on any atom is -0.434 e. The van der Waals surface area contributed by atoms with Crippen molar-refractivity contribution in [3.8, 4) is 0 Å². The average molecular weight is 550 g/mol. The Morgan fingerprint density at radius 1 is 1.05 bits per heavy atom. The van der Waals surface area contributed by atoms with Gasteiger partial charge in [-0.15, -0.1) is 0 Å². The van der Waals surface area contributed by atoms with Crippen molar-refractivity contribution in [3.05, 3.63) is 52.4 Å². The molecule has 1 N–H and O–H groups in total. The Bertz CT molecular complexity index is 1240. The molecule has 4 heterocycles. The minimum atomic E-state index is -4.65. The van der Waals surface area contributed by atoms with Crippen molar-refractivity contribution in [2.24, 2.45) is 0 Å². The lowest BCUT2D eigenvalue weighted by Gasteiger charge is -2.37. The average Bonchev–Trinajstić information content (AvgIpc) is 2.93. The van der Waals surface area contributed by atoms with Gasteiger partial charge >= 0.3 is 12.3 Å². The zero-order chi connectivity index (χ0) is 27.6. The molecule has 2 saturated heterocycles. The fourth-order valence-electron chi connectivity index (χ4n) is 4.99. The van der Waals surface area contributed by atoms with E-state index in [1.54, 1.807) is 13.8 Å². The normalized spacial score (nSPS) is 19.9. The van der Waals surface area contributed by atoms with Crippen molar-refractivity contribution in [2.75, 3.05) is 74.3 Å². The Hall–Kier alpha value is -3.58. The van der Waals surface area contributed by atoms with Crippen LogP contribution < -0.4 is 15.1 Å². The zero-order valence-electron chi connectivity index (χ0n) is 21.7. The zero-order valence-corrected chi connectivity index (χ0v) is 21.7. The van der Waals surface area contributed by atoms with Gasteiger partial charge in [0, 0.05) is 26.2 Å². The molecule has 0 radical (unpaired) electrons. The van der Waals surface area contributed by atoms with E-state index in [1.807, 2.05) is 9.80 Å². The summed E-state index contributed by atoms with van der Waals surface area (Å²) in [7, 11) is 0. The van der Waals surface area contributed by atoms with Gasteiger partial charge in [-0.3, -0.25) is 0 Å². The van der Waals surface area contributed by atoms with E-state index in [4.69, 9.17) is 28.9 Å². The van der Waals surface area contributed by atoms with Crippen LogP contribution in [-0.2, 0) is 25.1 Å². The maximum Gasteiger partial charge on any atom is 0.513 e. The van der Waals surface area contributed by atoms with E-state index in [-0.39, 0.29) is 17.9 Å². The Labute approximate surface area is 223 Å². The number of hydrogen-bond donors (Lipinski definition) is 1. The Morgan fingerprint density at radius 3 is 2.33 bits per heavy atom. The monoisotopic (exact) mass is 549 g/mol. The Morgan fingerprint density at radius 2 is 1.69 bits per heavy atom. The molecule has 39 heavy (non-hydrogen) atoms. The topological polar surface area (TPSA) is 98.3 Å². The first-order valence-corrected chi connectivity index (χ1v) is 12.8. The van der Waals surface area contributed by atoms with Crippen LogP contribution >= 0.6 is 0 Å². The molecule has 1 aromatic carbocycles. The van der Waals surface area contributed by atoms with Gasteiger partial charge in [0.05, 0.1) is 55.8 Å². The first kappa shape index (κ1) is 27.0. The number of carbonyl (C=O) groups excluding carboxylic acids is 1. The lowest BCUT2D eigenvalue weighted by Crippen LogP contribution is -2.41. The molecule has 2 fully saturated rings. The van der Waals surface area contributed by atoms with Gasteiger partial charge in [0.2, 0.25) is 5.95 Å². The summed E-state index contributed by atoms with van der Waals surface area (Å²) in [6.07, 6.45) is -5.66. The van der Waals surface area contributed by atoms with E-state index >= 15 is 0 Å². The maximum absolute atomic E-state index is 14.3. The smallest absolute Gasteiger partial charge is 0.434 e. The van der Waals surface area contributed by atoms with E-state index in [9.17, 15) is 18.0 Å². The molecule has 3 aliphatic heterocycles. The largest absolute Gasteiger partial charge is 0.513 e. The van der Waals surface area contributed by atoms with Gasteiger partial charge in [0.1, 0.15) is 17.4 Å². The molecule has 0 saturated carbocycles. The van der Waals surface area contributed by atoms with Crippen molar-refractivity contribution in [3.63, 3.8) is 0 Å². The van der Waals surface area contributed by atoms with Gasteiger partial charge in [0.25, 0.3) is 0 Å². The highest BCUT2D eigenvalue weighted by Crippen LogP contribution is 2.49. The van der Waals surface area contributed by atoms with Crippen molar-refractivity contribution in [1.82, 2.24) is 9.97 Å². The lowest BCUT2D eigenvalue weighted by molar-refractivity contribution is -0.138. The second-order valence-electron chi connectivity index (χ2n) is 9.23. The quantitative estimate of drug-likeness (QED) is 0.549. The van der Waals surface area contributed by atoms with E-state index in [2.05, 4.69) is 5.32 Å². The van der Waals surface area contributed by atoms with Crippen LogP contribution in [0.3, 0.4) is 0 Å². The van der Waals surface area contributed by atoms with Crippen LogP contribution in [0.4, 0.5) is 35.5 Å². The lowest BCUT2D eigenvalue weighted by atomic mass is 9.83. The number of anilines is 3.